The minimum atomic E-state index is 0.0966. The van der Waals surface area contributed by atoms with E-state index in [0.717, 1.165) is 11.9 Å². The molecule has 2 aromatic carbocycles. The lowest BCUT2D eigenvalue weighted by Gasteiger charge is -2.07. The molecule has 0 fully saturated rings. The highest BCUT2D eigenvalue weighted by atomic mass is 16.1. The van der Waals surface area contributed by atoms with Crippen LogP contribution in [0.3, 0.4) is 0 Å². The Morgan fingerprint density at radius 3 is 2.88 bits per heavy atom. The highest BCUT2D eigenvalue weighted by Gasteiger charge is 2.07. The largest absolute Gasteiger partial charge is 0.361 e. The van der Waals surface area contributed by atoms with Crippen LogP contribution in [0.25, 0.3) is 21.8 Å². The summed E-state index contributed by atoms with van der Waals surface area (Å²) in [6.07, 6.45) is 5.43. The molecule has 0 bridgehead atoms. The van der Waals surface area contributed by atoms with Gasteiger partial charge < -0.3 is 14.9 Å². The molecule has 2 heterocycles. The van der Waals surface area contributed by atoms with Gasteiger partial charge >= 0.3 is 0 Å². The van der Waals surface area contributed by atoms with Crippen molar-refractivity contribution in [1.82, 2.24) is 14.9 Å². The molecule has 4 rings (SSSR count). The van der Waals surface area contributed by atoms with Crippen LogP contribution in [0.2, 0.25) is 0 Å². The second-order valence-corrected chi connectivity index (χ2v) is 6.73. The van der Waals surface area contributed by atoms with Crippen molar-refractivity contribution in [2.75, 3.05) is 6.54 Å². The van der Waals surface area contributed by atoms with Crippen molar-refractivity contribution in [3.05, 3.63) is 72.1 Å². The number of hydrogen-bond donors (Lipinski definition) is 2. The second-order valence-electron chi connectivity index (χ2n) is 6.73. The average molecular weight is 345 g/mol. The van der Waals surface area contributed by atoms with Crippen LogP contribution in [0.15, 0.2) is 60.9 Å². The van der Waals surface area contributed by atoms with Crippen LogP contribution in [0.4, 0.5) is 0 Å². The molecular weight excluding hydrogens is 322 g/mol. The van der Waals surface area contributed by atoms with Crippen LogP contribution in [0.1, 0.15) is 17.5 Å². The van der Waals surface area contributed by atoms with E-state index < -0.39 is 0 Å². The Labute approximate surface area is 152 Å². The SMILES string of the molecule is Cc1cccc2c1ccn2CCC(=O)NCCc1c[nH]c2ccccc12. The number of amides is 1. The molecular formula is C22H23N3O. The predicted molar refractivity (Wildman–Crippen MR) is 106 cm³/mol. The van der Waals surface area contributed by atoms with Crippen LogP contribution in [-0.4, -0.2) is 22.0 Å². The summed E-state index contributed by atoms with van der Waals surface area (Å²) >= 11 is 0. The number of aryl methyl sites for hydroxylation is 2. The summed E-state index contributed by atoms with van der Waals surface area (Å²) in [6, 6.07) is 16.7. The lowest BCUT2D eigenvalue weighted by Crippen LogP contribution is -2.26. The van der Waals surface area contributed by atoms with E-state index in [4.69, 9.17) is 0 Å². The molecule has 132 valence electrons. The molecule has 2 aromatic heterocycles. The lowest BCUT2D eigenvalue weighted by atomic mass is 10.1. The standard InChI is InChI=1S/C22H23N3O/c1-16-5-4-8-21-18(16)10-13-25(21)14-11-22(26)23-12-9-17-15-24-20-7-3-2-6-19(17)20/h2-8,10,13,15,24H,9,11-12,14H2,1H3,(H,23,26). The van der Waals surface area contributed by atoms with Gasteiger partial charge in [0.1, 0.15) is 0 Å². The topological polar surface area (TPSA) is 49.8 Å². The van der Waals surface area contributed by atoms with Gasteiger partial charge in [0.15, 0.2) is 0 Å². The maximum Gasteiger partial charge on any atom is 0.221 e. The number of benzene rings is 2. The van der Waals surface area contributed by atoms with E-state index in [9.17, 15) is 4.79 Å². The lowest BCUT2D eigenvalue weighted by molar-refractivity contribution is -0.121. The third kappa shape index (κ3) is 3.23. The van der Waals surface area contributed by atoms with Gasteiger partial charge in [-0.1, -0.05) is 30.3 Å². The molecule has 0 saturated heterocycles. The van der Waals surface area contributed by atoms with E-state index in [0.29, 0.717) is 19.5 Å². The van der Waals surface area contributed by atoms with Gasteiger partial charge in [0.25, 0.3) is 0 Å². The molecule has 0 saturated carbocycles. The minimum absolute atomic E-state index is 0.0966. The summed E-state index contributed by atoms with van der Waals surface area (Å²) in [6.45, 7) is 3.47. The van der Waals surface area contributed by atoms with E-state index in [1.54, 1.807) is 0 Å². The van der Waals surface area contributed by atoms with Crippen molar-refractivity contribution >= 4 is 27.7 Å². The van der Waals surface area contributed by atoms with Crippen LogP contribution in [0.5, 0.6) is 0 Å². The summed E-state index contributed by atoms with van der Waals surface area (Å²) in [4.78, 5) is 15.5. The highest BCUT2D eigenvalue weighted by molar-refractivity contribution is 5.84. The fraction of sp³-hybridized carbons (Fsp3) is 0.227. The van der Waals surface area contributed by atoms with E-state index in [2.05, 4.69) is 64.4 Å². The zero-order valence-corrected chi connectivity index (χ0v) is 15.0. The second kappa shape index (κ2) is 7.08. The zero-order chi connectivity index (χ0) is 17.9. The number of H-pyrrole nitrogens is 1. The Morgan fingerprint density at radius 1 is 1.08 bits per heavy atom. The van der Waals surface area contributed by atoms with Gasteiger partial charge in [-0.2, -0.15) is 0 Å². The fourth-order valence-corrected chi connectivity index (χ4v) is 3.56. The van der Waals surface area contributed by atoms with Crippen molar-refractivity contribution in [3.8, 4) is 0 Å². The summed E-state index contributed by atoms with van der Waals surface area (Å²) in [7, 11) is 0. The van der Waals surface area contributed by atoms with Crippen molar-refractivity contribution in [2.24, 2.45) is 0 Å². The minimum Gasteiger partial charge on any atom is -0.361 e. The first kappa shape index (κ1) is 16.5. The van der Waals surface area contributed by atoms with E-state index >= 15 is 0 Å². The van der Waals surface area contributed by atoms with Gasteiger partial charge in [-0.05, 0) is 42.7 Å². The van der Waals surface area contributed by atoms with Crippen molar-refractivity contribution in [2.45, 2.75) is 26.3 Å². The number of rotatable bonds is 6. The summed E-state index contributed by atoms with van der Waals surface area (Å²) < 4.78 is 2.15. The van der Waals surface area contributed by atoms with Crippen molar-refractivity contribution in [3.63, 3.8) is 0 Å². The number of fused-ring (bicyclic) bond motifs is 2. The molecule has 0 radical (unpaired) electrons. The van der Waals surface area contributed by atoms with E-state index in [-0.39, 0.29) is 5.91 Å². The maximum atomic E-state index is 12.2. The normalized spacial score (nSPS) is 11.3. The van der Waals surface area contributed by atoms with Gasteiger partial charge in [-0.25, -0.2) is 0 Å². The van der Waals surface area contributed by atoms with Crippen LogP contribution in [-0.2, 0) is 17.8 Å². The van der Waals surface area contributed by atoms with Gasteiger partial charge in [0.05, 0.1) is 0 Å². The Morgan fingerprint density at radius 2 is 1.96 bits per heavy atom. The first-order chi connectivity index (χ1) is 12.7. The van der Waals surface area contributed by atoms with Gasteiger partial charge in [-0.3, -0.25) is 4.79 Å². The van der Waals surface area contributed by atoms with Crippen LogP contribution >= 0.6 is 0 Å². The molecule has 0 spiro atoms. The quantitative estimate of drug-likeness (QED) is 0.541. The molecule has 4 heteroatoms. The van der Waals surface area contributed by atoms with Gasteiger partial charge in [0.2, 0.25) is 5.91 Å². The molecule has 0 aliphatic heterocycles. The third-order valence-electron chi connectivity index (χ3n) is 5.00. The van der Waals surface area contributed by atoms with Crippen molar-refractivity contribution in [1.29, 1.82) is 0 Å². The Kier molecular flexibility index (Phi) is 4.48. The summed E-state index contributed by atoms with van der Waals surface area (Å²) in [5.74, 6) is 0.0966. The first-order valence-electron chi connectivity index (χ1n) is 9.08. The van der Waals surface area contributed by atoms with Crippen molar-refractivity contribution < 1.29 is 4.79 Å². The Balaban J connectivity index is 1.31. The number of carbonyl (C=O) groups is 1. The number of aromatic nitrogens is 2. The number of aromatic amines is 1. The Bertz CT molecular complexity index is 1060. The van der Waals surface area contributed by atoms with E-state index in [1.165, 1.54) is 27.4 Å². The molecule has 2 N–H and O–H groups in total. The smallest absolute Gasteiger partial charge is 0.221 e. The third-order valence-corrected chi connectivity index (χ3v) is 5.00. The number of hydrogen-bond acceptors (Lipinski definition) is 1. The fourth-order valence-electron chi connectivity index (χ4n) is 3.56. The van der Waals surface area contributed by atoms with Gasteiger partial charge in [0, 0.05) is 53.7 Å². The summed E-state index contributed by atoms with van der Waals surface area (Å²) in [5, 5.41) is 5.53. The monoisotopic (exact) mass is 345 g/mol. The molecule has 1 amide bonds. The molecule has 4 nitrogen and oxygen atoms in total. The number of para-hydroxylation sites is 1. The number of carbonyl (C=O) groups excluding carboxylic acids is 1. The molecule has 26 heavy (non-hydrogen) atoms. The zero-order valence-electron chi connectivity index (χ0n) is 15.0. The predicted octanol–water partition coefficient (Wildman–Crippen LogP) is 4.18. The van der Waals surface area contributed by atoms with Crippen LogP contribution < -0.4 is 5.32 Å². The molecule has 4 aromatic rings. The number of nitrogens with one attached hydrogen (secondary N) is 2. The van der Waals surface area contributed by atoms with Crippen LogP contribution in [0, 0.1) is 6.92 Å². The molecule has 0 unspecified atom stereocenters. The molecule has 0 atom stereocenters. The van der Waals surface area contributed by atoms with E-state index in [1.807, 2.05) is 18.3 Å². The molecule has 0 aliphatic rings. The first-order valence-corrected chi connectivity index (χ1v) is 9.08. The Hall–Kier alpha value is -3.01. The maximum absolute atomic E-state index is 12.2. The molecule has 0 aliphatic carbocycles. The number of nitrogens with zero attached hydrogens (tertiary/aromatic N) is 1. The van der Waals surface area contributed by atoms with Gasteiger partial charge in [-0.15, -0.1) is 0 Å². The summed E-state index contributed by atoms with van der Waals surface area (Å²) in [5.41, 5.74) is 4.84. The highest BCUT2D eigenvalue weighted by Crippen LogP contribution is 2.20. The average Bonchev–Trinajstić information content (AvgIpc) is 3.25.